The molecule has 1 aromatic carbocycles. The van der Waals surface area contributed by atoms with Crippen LogP contribution in [0.2, 0.25) is 5.02 Å². The van der Waals surface area contributed by atoms with Gasteiger partial charge in [-0.15, -0.1) is 0 Å². The number of halogens is 1. The first-order chi connectivity index (χ1) is 12.1. The summed E-state index contributed by atoms with van der Waals surface area (Å²) in [4.78, 5) is 24.1. The Morgan fingerprint density at radius 2 is 2.12 bits per heavy atom. The van der Waals surface area contributed by atoms with E-state index in [9.17, 15) is 9.59 Å². The Hall–Kier alpha value is -2.34. The minimum absolute atomic E-state index is 0.0766. The minimum atomic E-state index is -0.335. The number of aromatic nitrogens is 2. The van der Waals surface area contributed by atoms with E-state index in [2.05, 4.69) is 10.4 Å². The minimum Gasteiger partial charge on any atom is -0.469 e. The fraction of sp³-hybridized carbons (Fsp3) is 0.389. The molecule has 0 amide bonds. The fourth-order valence-corrected chi connectivity index (χ4v) is 3.35. The lowest BCUT2D eigenvalue weighted by Crippen LogP contribution is -2.26. The molecule has 132 valence electrons. The first kappa shape index (κ1) is 17.5. The molecule has 0 unspecified atom stereocenters. The van der Waals surface area contributed by atoms with Gasteiger partial charge in [-0.3, -0.25) is 9.59 Å². The van der Waals surface area contributed by atoms with E-state index in [0.29, 0.717) is 18.7 Å². The number of carbonyl (C=O) groups is 1. The average Bonchev–Trinajstić information content (AvgIpc) is 3.10. The molecule has 6 nitrogen and oxygen atoms in total. The van der Waals surface area contributed by atoms with Gasteiger partial charge in [-0.25, -0.2) is 4.68 Å². The van der Waals surface area contributed by atoms with E-state index in [1.165, 1.54) is 11.8 Å². The second-order valence-corrected chi connectivity index (χ2v) is 6.57. The van der Waals surface area contributed by atoms with Crippen LogP contribution in [-0.2, 0) is 16.1 Å². The molecule has 2 atom stereocenters. The van der Waals surface area contributed by atoms with Gasteiger partial charge in [0.15, 0.2) is 0 Å². The van der Waals surface area contributed by atoms with E-state index in [1.807, 2.05) is 30.3 Å². The van der Waals surface area contributed by atoms with E-state index >= 15 is 0 Å². The Bertz CT molecular complexity index is 807. The van der Waals surface area contributed by atoms with Crippen LogP contribution in [0, 0.1) is 5.92 Å². The zero-order chi connectivity index (χ0) is 17.8. The molecule has 7 heteroatoms. The van der Waals surface area contributed by atoms with Crippen molar-refractivity contribution >= 4 is 23.3 Å². The highest BCUT2D eigenvalue weighted by atomic mass is 35.5. The van der Waals surface area contributed by atoms with Crippen LogP contribution >= 0.6 is 11.6 Å². The zero-order valence-corrected chi connectivity index (χ0v) is 14.7. The quantitative estimate of drug-likeness (QED) is 0.829. The number of hydrogen-bond donors (Lipinski definition) is 1. The van der Waals surface area contributed by atoms with Crippen LogP contribution < -0.4 is 10.9 Å². The number of nitrogens with zero attached hydrogens (tertiary/aromatic N) is 2. The molecule has 0 radical (unpaired) electrons. The lowest BCUT2D eigenvalue weighted by Gasteiger charge is -2.15. The normalized spacial score (nSPS) is 19.6. The molecule has 0 saturated heterocycles. The van der Waals surface area contributed by atoms with E-state index < -0.39 is 0 Å². The molecular weight excluding hydrogens is 342 g/mol. The summed E-state index contributed by atoms with van der Waals surface area (Å²) in [5.74, 6) is -0.292. The summed E-state index contributed by atoms with van der Waals surface area (Å²) < 4.78 is 6.13. The molecule has 1 N–H and O–H groups in total. The average molecular weight is 362 g/mol. The molecule has 3 rings (SSSR count). The summed E-state index contributed by atoms with van der Waals surface area (Å²) in [7, 11) is 1.40. The lowest BCUT2D eigenvalue weighted by molar-refractivity contribution is -0.145. The van der Waals surface area contributed by atoms with Crippen molar-refractivity contribution in [2.24, 2.45) is 5.92 Å². The molecule has 25 heavy (non-hydrogen) atoms. The van der Waals surface area contributed by atoms with Gasteiger partial charge >= 0.3 is 5.97 Å². The van der Waals surface area contributed by atoms with Crippen LogP contribution in [0.15, 0.2) is 41.3 Å². The maximum Gasteiger partial charge on any atom is 0.308 e. The third kappa shape index (κ3) is 4.02. The number of esters is 1. The van der Waals surface area contributed by atoms with Gasteiger partial charge < -0.3 is 10.1 Å². The van der Waals surface area contributed by atoms with Crippen LogP contribution in [0.25, 0.3) is 0 Å². The van der Waals surface area contributed by atoms with Crippen LogP contribution in [-0.4, -0.2) is 28.9 Å². The second-order valence-electron chi connectivity index (χ2n) is 6.20. The molecule has 1 heterocycles. The maximum absolute atomic E-state index is 12.4. The summed E-state index contributed by atoms with van der Waals surface area (Å²) in [6.45, 7) is 0.369. The lowest BCUT2D eigenvalue weighted by atomic mass is 10.1. The summed E-state index contributed by atoms with van der Waals surface area (Å²) >= 11 is 6.24. The Labute approximate surface area is 150 Å². The maximum atomic E-state index is 12.4. The number of anilines is 1. The smallest absolute Gasteiger partial charge is 0.308 e. The summed E-state index contributed by atoms with van der Waals surface area (Å²) in [5, 5.41) is 7.56. The van der Waals surface area contributed by atoms with Gasteiger partial charge in [0.25, 0.3) is 5.56 Å². The third-order valence-corrected chi connectivity index (χ3v) is 4.85. The SMILES string of the molecule is COC(=O)[C@H]1CC[C@@H](Nc2cnn(Cc3ccccc3)c(=O)c2Cl)C1. The first-order valence-corrected chi connectivity index (χ1v) is 8.60. The summed E-state index contributed by atoms with van der Waals surface area (Å²) in [6, 6.07) is 9.68. The first-order valence-electron chi connectivity index (χ1n) is 8.22. The van der Waals surface area contributed by atoms with Gasteiger partial charge in [-0.2, -0.15) is 5.10 Å². The van der Waals surface area contributed by atoms with Gasteiger partial charge in [0.1, 0.15) is 5.02 Å². The molecule has 2 aromatic rings. The number of nitrogens with one attached hydrogen (secondary N) is 1. The second kappa shape index (κ2) is 7.70. The van der Waals surface area contributed by atoms with Crippen LogP contribution in [0.4, 0.5) is 5.69 Å². The Balaban J connectivity index is 1.71. The molecular formula is C18H20ClN3O3. The number of benzene rings is 1. The van der Waals surface area contributed by atoms with Crippen LogP contribution in [0.3, 0.4) is 0 Å². The van der Waals surface area contributed by atoms with Crippen molar-refractivity contribution in [3.63, 3.8) is 0 Å². The Morgan fingerprint density at radius 3 is 2.84 bits per heavy atom. The predicted octanol–water partition coefficient (Wildman–Crippen LogP) is 2.70. The van der Waals surface area contributed by atoms with Crippen LogP contribution in [0.1, 0.15) is 24.8 Å². The van der Waals surface area contributed by atoms with Gasteiger partial charge in [0.05, 0.1) is 31.5 Å². The largest absolute Gasteiger partial charge is 0.469 e. The summed E-state index contributed by atoms with van der Waals surface area (Å²) in [6.07, 6.45) is 3.82. The Morgan fingerprint density at radius 1 is 1.36 bits per heavy atom. The van der Waals surface area contributed by atoms with Crippen molar-refractivity contribution in [2.45, 2.75) is 31.8 Å². The topological polar surface area (TPSA) is 73.2 Å². The molecule has 0 bridgehead atoms. The van der Waals surface area contributed by atoms with Gasteiger partial charge in [-0.05, 0) is 24.8 Å². The summed E-state index contributed by atoms with van der Waals surface area (Å²) in [5.41, 5.74) is 1.15. The number of ether oxygens (including phenoxy) is 1. The van der Waals surface area contributed by atoms with E-state index in [0.717, 1.165) is 18.4 Å². The van der Waals surface area contributed by atoms with Gasteiger partial charge in [0, 0.05) is 6.04 Å². The van der Waals surface area contributed by atoms with Crippen molar-refractivity contribution in [1.82, 2.24) is 9.78 Å². The number of hydrogen-bond acceptors (Lipinski definition) is 5. The number of rotatable bonds is 5. The number of carbonyl (C=O) groups excluding carboxylic acids is 1. The highest BCUT2D eigenvalue weighted by Gasteiger charge is 2.31. The van der Waals surface area contributed by atoms with Gasteiger partial charge in [-0.1, -0.05) is 41.9 Å². The molecule has 1 aliphatic carbocycles. The standard InChI is InChI=1S/C18H20ClN3O3/c1-25-18(24)13-7-8-14(9-13)21-15-10-20-22(17(23)16(15)19)11-12-5-3-2-4-6-12/h2-6,10,13-14,21H,7-9,11H2,1H3/t13-,14+/m0/s1. The Kier molecular flexibility index (Phi) is 5.38. The monoisotopic (exact) mass is 361 g/mol. The molecule has 1 fully saturated rings. The van der Waals surface area contributed by atoms with Crippen molar-refractivity contribution in [3.05, 3.63) is 57.5 Å². The molecule has 0 aliphatic heterocycles. The van der Waals surface area contributed by atoms with Crippen LogP contribution in [0.5, 0.6) is 0 Å². The fourth-order valence-electron chi connectivity index (χ4n) is 3.15. The third-order valence-electron chi connectivity index (χ3n) is 4.49. The van der Waals surface area contributed by atoms with E-state index in [-0.39, 0.29) is 28.5 Å². The number of methoxy groups -OCH3 is 1. The van der Waals surface area contributed by atoms with E-state index in [1.54, 1.807) is 6.20 Å². The zero-order valence-electron chi connectivity index (χ0n) is 13.9. The molecule has 1 aliphatic rings. The molecule has 0 spiro atoms. The highest BCUT2D eigenvalue weighted by molar-refractivity contribution is 6.32. The molecule has 1 saturated carbocycles. The van der Waals surface area contributed by atoms with E-state index in [4.69, 9.17) is 16.3 Å². The van der Waals surface area contributed by atoms with Crippen molar-refractivity contribution in [3.8, 4) is 0 Å². The van der Waals surface area contributed by atoms with Gasteiger partial charge in [0.2, 0.25) is 0 Å². The highest BCUT2D eigenvalue weighted by Crippen LogP contribution is 2.30. The predicted molar refractivity (Wildman–Crippen MR) is 95.8 cm³/mol. The van der Waals surface area contributed by atoms with Crippen molar-refractivity contribution in [1.29, 1.82) is 0 Å². The molecule has 1 aromatic heterocycles. The van der Waals surface area contributed by atoms with Crippen molar-refractivity contribution in [2.75, 3.05) is 12.4 Å². The van der Waals surface area contributed by atoms with Crippen molar-refractivity contribution < 1.29 is 9.53 Å².